The van der Waals surface area contributed by atoms with Crippen LogP contribution in [0.4, 0.5) is 0 Å². The number of rotatable bonds is 6. The second kappa shape index (κ2) is 14.0. The van der Waals surface area contributed by atoms with E-state index in [0.29, 0.717) is 0 Å². The molecule has 0 saturated carbocycles. The first kappa shape index (κ1) is 35.7. The molecule has 63 heavy (non-hydrogen) atoms. The van der Waals surface area contributed by atoms with Crippen LogP contribution < -0.4 is 20.7 Å². The summed E-state index contributed by atoms with van der Waals surface area (Å²) in [6.45, 7) is 0. The molecule has 0 bridgehead atoms. The summed E-state index contributed by atoms with van der Waals surface area (Å²) in [5, 5.41) is 10.8. The highest BCUT2D eigenvalue weighted by Crippen LogP contribution is 2.43. The van der Waals surface area contributed by atoms with E-state index in [-0.39, 0.29) is 0 Å². The molecule has 12 aromatic rings. The van der Waals surface area contributed by atoms with Gasteiger partial charge in [0.1, 0.15) is 0 Å². The van der Waals surface area contributed by atoms with Crippen molar-refractivity contribution >= 4 is 72.4 Å². The van der Waals surface area contributed by atoms with Gasteiger partial charge in [-0.25, -0.2) is 0 Å². The van der Waals surface area contributed by atoms with Crippen molar-refractivity contribution in [2.24, 2.45) is 0 Å². The summed E-state index contributed by atoms with van der Waals surface area (Å²) < 4.78 is 5.01. The van der Waals surface area contributed by atoms with Crippen LogP contribution in [-0.2, 0) is 0 Å². The van der Waals surface area contributed by atoms with Crippen LogP contribution in [0.1, 0.15) is 0 Å². The van der Waals surface area contributed by atoms with E-state index in [0.717, 1.165) is 5.69 Å². The third-order valence-electron chi connectivity index (χ3n) is 13.6. The topological polar surface area (TPSA) is 9.86 Å². The van der Waals surface area contributed by atoms with E-state index in [1.807, 2.05) is 0 Å². The highest BCUT2D eigenvalue weighted by molar-refractivity contribution is 7.22. The summed E-state index contributed by atoms with van der Waals surface area (Å²) in [7, 11) is -2.69. The van der Waals surface area contributed by atoms with Gasteiger partial charge < -0.3 is 9.13 Å². The molecule has 3 heteroatoms. The van der Waals surface area contributed by atoms with Crippen molar-refractivity contribution < 1.29 is 0 Å². The molecule has 2 aromatic heterocycles. The average Bonchev–Trinajstić information content (AvgIpc) is 3.99. The third kappa shape index (κ3) is 5.24. The molecule has 294 valence electrons. The predicted octanol–water partition coefficient (Wildman–Crippen LogP) is 12.6. The number of nitrogens with zero attached hydrogens (tertiary/aromatic N) is 2. The van der Waals surface area contributed by atoms with Gasteiger partial charge in [0.05, 0.1) is 22.1 Å². The molecule has 0 spiro atoms. The maximum atomic E-state index is 2.54. The lowest BCUT2D eigenvalue weighted by Gasteiger charge is -2.31. The maximum absolute atomic E-state index is 2.69. The van der Waals surface area contributed by atoms with Crippen LogP contribution in [0.2, 0.25) is 0 Å². The molecule has 13 rings (SSSR count). The standard InChI is InChI=1S/C60H40N2Si/c1-5-19-41(20-6-1)43-37-44(42-21-7-2-8-22-42)39-46(38-43)62-54-31-17-14-29-52(54)60-56(62)36-35-55-59(60)51-28-13-16-30-53(51)61(55)45-33-34-50-49-27-15-18-32-57(49)63(58(50)40-45,47-23-9-3-10-24-47)48-25-11-4-12-26-48/h1-40H. The lowest BCUT2D eigenvalue weighted by molar-refractivity contribution is 1.17. The summed E-state index contributed by atoms with van der Waals surface area (Å²) in [5.74, 6) is 0. The van der Waals surface area contributed by atoms with Gasteiger partial charge in [-0.2, -0.15) is 0 Å². The molecule has 0 unspecified atom stereocenters. The van der Waals surface area contributed by atoms with Gasteiger partial charge in [0.2, 0.25) is 0 Å². The second-order valence-electron chi connectivity index (χ2n) is 16.8. The normalized spacial score (nSPS) is 12.9. The first-order valence-corrected chi connectivity index (χ1v) is 23.8. The van der Waals surface area contributed by atoms with E-state index >= 15 is 0 Å². The van der Waals surface area contributed by atoms with Crippen LogP contribution in [0.25, 0.3) is 88.4 Å². The Morgan fingerprint density at radius 3 is 1.27 bits per heavy atom. The van der Waals surface area contributed by atoms with Crippen LogP contribution in [0.3, 0.4) is 0 Å². The fourth-order valence-corrected chi connectivity index (χ4v) is 16.2. The molecule has 0 radical (unpaired) electrons. The largest absolute Gasteiger partial charge is 0.309 e. The summed E-state index contributed by atoms with van der Waals surface area (Å²) in [6, 6.07) is 90.3. The zero-order valence-corrected chi connectivity index (χ0v) is 35.5. The number of hydrogen-bond donors (Lipinski definition) is 0. The van der Waals surface area contributed by atoms with Gasteiger partial charge >= 0.3 is 0 Å². The Labute approximate surface area is 367 Å². The molecule has 2 nitrogen and oxygen atoms in total. The molecule has 0 saturated heterocycles. The van der Waals surface area contributed by atoms with Crippen molar-refractivity contribution in [3.05, 3.63) is 243 Å². The first-order valence-electron chi connectivity index (χ1n) is 21.8. The van der Waals surface area contributed by atoms with Crippen molar-refractivity contribution in [3.63, 3.8) is 0 Å². The number of aromatic nitrogens is 2. The maximum Gasteiger partial charge on any atom is 0.180 e. The fraction of sp³-hybridized carbons (Fsp3) is 0. The van der Waals surface area contributed by atoms with E-state index in [1.165, 1.54) is 103 Å². The number of para-hydroxylation sites is 2. The lowest BCUT2D eigenvalue weighted by atomic mass is 9.98. The Morgan fingerprint density at radius 1 is 0.270 bits per heavy atom. The van der Waals surface area contributed by atoms with Gasteiger partial charge in [-0.1, -0.05) is 188 Å². The van der Waals surface area contributed by atoms with E-state index in [2.05, 4.69) is 252 Å². The minimum absolute atomic E-state index is 1.14. The number of fused-ring (bicyclic) bond motifs is 10. The monoisotopic (exact) mass is 816 g/mol. The number of benzene rings is 10. The minimum Gasteiger partial charge on any atom is -0.309 e. The van der Waals surface area contributed by atoms with Gasteiger partial charge in [0, 0.05) is 32.9 Å². The Bertz CT molecular complexity index is 3620. The first-order chi connectivity index (χ1) is 31.3. The van der Waals surface area contributed by atoms with Gasteiger partial charge in [0.15, 0.2) is 8.07 Å². The average molecular weight is 817 g/mol. The Hall–Kier alpha value is -7.98. The van der Waals surface area contributed by atoms with Crippen molar-refractivity contribution in [1.82, 2.24) is 9.13 Å². The fourth-order valence-electron chi connectivity index (χ4n) is 11.0. The zero-order valence-electron chi connectivity index (χ0n) is 34.5. The quantitative estimate of drug-likeness (QED) is 0.148. The van der Waals surface area contributed by atoms with Crippen LogP contribution in [0.15, 0.2) is 243 Å². The van der Waals surface area contributed by atoms with Crippen LogP contribution in [0, 0.1) is 0 Å². The zero-order chi connectivity index (χ0) is 41.5. The summed E-state index contributed by atoms with van der Waals surface area (Å²) in [5.41, 5.74) is 14.6. The highest BCUT2D eigenvalue weighted by atomic mass is 28.3. The molecule has 0 atom stereocenters. The molecule has 1 aliphatic heterocycles. The Balaban J connectivity index is 1.09. The molecule has 0 aliphatic carbocycles. The third-order valence-corrected chi connectivity index (χ3v) is 18.4. The van der Waals surface area contributed by atoms with E-state index in [4.69, 9.17) is 0 Å². The number of hydrogen-bond acceptors (Lipinski definition) is 0. The van der Waals surface area contributed by atoms with Gasteiger partial charge in [-0.15, -0.1) is 0 Å². The Kier molecular flexibility index (Phi) is 7.96. The summed E-state index contributed by atoms with van der Waals surface area (Å²) in [6.07, 6.45) is 0. The summed E-state index contributed by atoms with van der Waals surface area (Å²) >= 11 is 0. The van der Waals surface area contributed by atoms with Crippen LogP contribution in [0.5, 0.6) is 0 Å². The molecule has 1 aliphatic rings. The van der Waals surface area contributed by atoms with Crippen molar-refractivity contribution in [3.8, 4) is 44.8 Å². The molecular formula is C60H40N2Si. The highest BCUT2D eigenvalue weighted by Gasteiger charge is 2.48. The molecule has 0 amide bonds. The lowest BCUT2D eigenvalue weighted by Crippen LogP contribution is -2.72. The van der Waals surface area contributed by atoms with Gasteiger partial charge in [-0.05, 0) is 109 Å². The van der Waals surface area contributed by atoms with Crippen molar-refractivity contribution in [2.75, 3.05) is 0 Å². The Morgan fingerprint density at radius 2 is 0.714 bits per heavy atom. The molecular weight excluding hydrogens is 777 g/mol. The summed E-state index contributed by atoms with van der Waals surface area (Å²) in [4.78, 5) is 0. The second-order valence-corrected chi connectivity index (χ2v) is 20.5. The van der Waals surface area contributed by atoms with Crippen LogP contribution >= 0.6 is 0 Å². The van der Waals surface area contributed by atoms with E-state index in [9.17, 15) is 0 Å². The molecule has 0 fully saturated rings. The van der Waals surface area contributed by atoms with Gasteiger partial charge in [-0.3, -0.25) is 0 Å². The van der Waals surface area contributed by atoms with E-state index in [1.54, 1.807) is 0 Å². The van der Waals surface area contributed by atoms with Crippen molar-refractivity contribution in [1.29, 1.82) is 0 Å². The van der Waals surface area contributed by atoms with E-state index < -0.39 is 8.07 Å². The van der Waals surface area contributed by atoms with Crippen molar-refractivity contribution in [2.45, 2.75) is 0 Å². The molecule has 3 heterocycles. The minimum atomic E-state index is -2.69. The molecule has 10 aromatic carbocycles. The predicted molar refractivity (Wildman–Crippen MR) is 269 cm³/mol. The molecule has 0 N–H and O–H groups in total. The van der Waals surface area contributed by atoms with Crippen LogP contribution in [-0.4, -0.2) is 17.2 Å². The van der Waals surface area contributed by atoms with Gasteiger partial charge in [0.25, 0.3) is 0 Å². The smallest absolute Gasteiger partial charge is 0.180 e. The SMILES string of the molecule is c1ccc(-c2cc(-c3ccccc3)cc(-n3c4ccccc4c4c5c6ccccc6n(-c6ccc7c(c6)[Si](c6ccccc6)(c6ccccc6)c6ccccc6-7)c5ccc43)c2)cc1.